The van der Waals surface area contributed by atoms with Crippen LogP contribution >= 0.6 is 0 Å². The molecule has 8 heteroatoms. The number of carbonyl (C=O) groups excluding carboxylic acids is 1. The second-order valence-electron chi connectivity index (χ2n) is 5.43. The molecule has 2 aromatic carbocycles. The second-order valence-corrected chi connectivity index (χ2v) is 5.43. The van der Waals surface area contributed by atoms with Gasteiger partial charge in [0.15, 0.2) is 0 Å². The first-order valence-corrected chi connectivity index (χ1v) is 7.78. The van der Waals surface area contributed by atoms with Gasteiger partial charge in [0, 0.05) is 17.7 Å². The van der Waals surface area contributed by atoms with Crippen molar-refractivity contribution in [2.75, 3.05) is 12.4 Å². The predicted octanol–water partition coefficient (Wildman–Crippen LogP) is 3.43. The normalized spacial score (nSPS) is 16.0. The lowest BCUT2D eigenvalue weighted by Crippen LogP contribution is -2.28. The van der Waals surface area contributed by atoms with E-state index in [1.165, 1.54) is 24.3 Å². The molecule has 136 valence electrons. The first-order valence-electron chi connectivity index (χ1n) is 7.78. The van der Waals surface area contributed by atoms with Crippen molar-refractivity contribution < 1.29 is 27.9 Å². The van der Waals surface area contributed by atoms with Crippen molar-refractivity contribution in [2.45, 2.75) is 19.1 Å². The van der Waals surface area contributed by atoms with Gasteiger partial charge >= 0.3 is 6.61 Å². The summed E-state index contributed by atoms with van der Waals surface area (Å²) in [4.78, 5) is 17.5. The van der Waals surface area contributed by atoms with E-state index < -0.39 is 12.7 Å². The van der Waals surface area contributed by atoms with Gasteiger partial charge in [-0.3, -0.25) is 4.79 Å². The van der Waals surface area contributed by atoms with E-state index in [-0.39, 0.29) is 11.7 Å². The fourth-order valence-corrected chi connectivity index (χ4v) is 2.50. The van der Waals surface area contributed by atoms with Crippen LogP contribution in [0.4, 0.5) is 14.5 Å². The smallest absolute Gasteiger partial charge is 0.387 e. The Balaban J connectivity index is 1.60. The molecule has 1 unspecified atom stereocenters. The fourth-order valence-electron chi connectivity index (χ4n) is 2.50. The van der Waals surface area contributed by atoms with E-state index in [2.05, 4.69) is 15.2 Å². The standard InChI is InChI=1S/C18H16F2N2O4/c1-24-15-5-3-2-4-13(15)14-10-16(26-22-14)17(23)21-11-6-8-12(9-7-11)25-18(19)20/h2-9,16,18H,10H2,1H3,(H,21,23). The third kappa shape index (κ3) is 4.08. The van der Waals surface area contributed by atoms with Crippen LogP contribution in [0.1, 0.15) is 12.0 Å². The Morgan fingerprint density at radius 3 is 2.65 bits per heavy atom. The van der Waals surface area contributed by atoms with Gasteiger partial charge in [-0.1, -0.05) is 17.3 Å². The molecule has 0 aromatic heterocycles. The summed E-state index contributed by atoms with van der Waals surface area (Å²) in [5.41, 5.74) is 1.81. The highest BCUT2D eigenvalue weighted by Gasteiger charge is 2.30. The molecule has 1 amide bonds. The molecule has 1 N–H and O–H groups in total. The van der Waals surface area contributed by atoms with Gasteiger partial charge in [0.25, 0.3) is 5.91 Å². The van der Waals surface area contributed by atoms with Gasteiger partial charge in [-0.15, -0.1) is 0 Å². The number of oxime groups is 1. The Morgan fingerprint density at radius 2 is 1.96 bits per heavy atom. The summed E-state index contributed by atoms with van der Waals surface area (Å²) in [5, 5.41) is 6.63. The molecular weight excluding hydrogens is 346 g/mol. The fraction of sp³-hybridized carbons (Fsp3) is 0.222. The zero-order valence-corrected chi connectivity index (χ0v) is 13.8. The number of amides is 1. The third-order valence-corrected chi connectivity index (χ3v) is 3.73. The number of nitrogens with zero attached hydrogens (tertiary/aromatic N) is 1. The average molecular weight is 362 g/mol. The maximum atomic E-state index is 12.3. The highest BCUT2D eigenvalue weighted by molar-refractivity contribution is 6.07. The number of rotatable bonds is 6. The summed E-state index contributed by atoms with van der Waals surface area (Å²) in [5.74, 6) is 0.267. The van der Waals surface area contributed by atoms with Gasteiger partial charge in [-0.2, -0.15) is 8.78 Å². The van der Waals surface area contributed by atoms with E-state index >= 15 is 0 Å². The van der Waals surface area contributed by atoms with E-state index in [0.29, 0.717) is 23.6 Å². The summed E-state index contributed by atoms with van der Waals surface area (Å²) in [7, 11) is 1.56. The van der Waals surface area contributed by atoms with Crippen LogP contribution in [0.3, 0.4) is 0 Å². The summed E-state index contributed by atoms with van der Waals surface area (Å²) in [6, 6.07) is 12.9. The molecule has 0 radical (unpaired) electrons. The molecular formula is C18H16F2N2O4. The van der Waals surface area contributed by atoms with E-state index in [0.717, 1.165) is 5.56 Å². The van der Waals surface area contributed by atoms with Gasteiger partial charge in [0.1, 0.15) is 11.5 Å². The van der Waals surface area contributed by atoms with Crippen LogP contribution in [0.2, 0.25) is 0 Å². The highest BCUT2D eigenvalue weighted by atomic mass is 19.3. The average Bonchev–Trinajstić information content (AvgIpc) is 3.13. The summed E-state index contributed by atoms with van der Waals surface area (Å²) < 4.78 is 33.8. The van der Waals surface area contributed by atoms with E-state index in [1.54, 1.807) is 13.2 Å². The van der Waals surface area contributed by atoms with Gasteiger partial charge in [0.05, 0.1) is 12.8 Å². The van der Waals surface area contributed by atoms with E-state index in [4.69, 9.17) is 9.57 Å². The van der Waals surface area contributed by atoms with Crippen molar-refractivity contribution in [2.24, 2.45) is 5.16 Å². The van der Waals surface area contributed by atoms with Crippen LogP contribution in [-0.2, 0) is 9.63 Å². The zero-order chi connectivity index (χ0) is 18.5. The first-order chi connectivity index (χ1) is 12.6. The van der Waals surface area contributed by atoms with Gasteiger partial charge in [-0.25, -0.2) is 0 Å². The lowest BCUT2D eigenvalue weighted by Gasteiger charge is -2.11. The van der Waals surface area contributed by atoms with Crippen LogP contribution in [-0.4, -0.2) is 31.4 Å². The number of hydrogen-bond donors (Lipinski definition) is 1. The van der Waals surface area contributed by atoms with Crippen molar-refractivity contribution in [1.29, 1.82) is 0 Å². The topological polar surface area (TPSA) is 69.2 Å². The van der Waals surface area contributed by atoms with Crippen LogP contribution < -0.4 is 14.8 Å². The van der Waals surface area contributed by atoms with Gasteiger partial charge in [-0.05, 0) is 36.4 Å². The minimum atomic E-state index is -2.90. The van der Waals surface area contributed by atoms with E-state index in [9.17, 15) is 13.6 Å². The summed E-state index contributed by atoms with van der Waals surface area (Å²) in [6.45, 7) is -2.90. The zero-order valence-electron chi connectivity index (χ0n) is 13.8. The molecule has 0 fully saturated rings. The van der Waals surface area contributed by atoms with Crippen molar-refractivity contribution in [3.05, 3.63) is 54.1 Å². The maximum absolute atomic E-state index is 12.3. The number of benzene rings is 2. The number of hydrogen-bond acceptors (Lipinski definition) is 5. The Morgan fingerprint density at radius 1 is 1.23 bits per heavy atom. The monoisotopic (exact) mass is 362 g/mol. The van der Waals surface area contributed by atoms with Gasteiger partial charge in [0.2, 0.25) is 6.10 Å². The largest absolute Gasteiger partial charge is 0.496 e. The SMILES string of the molecule is COc1ccccc1C1=NOC(C(=O)Nc2ccc(OC(F)F)cc2)C1. The number of methoxy groups -OCH3 is 1. The maximum Gasteiger partial charge on any atom is 0.387 e. The molecule has 2 aromatic rings. The second kappa shape index (κ2) is 7.81. The van der Waals surface area contributed by atoms with Crippen molar-refractivity contribution in [3.8, 4) is 11.5 Å². The Kier molecular flexibility index (Phi) is 5.31. The molecule has 6 nitrogen and oxygen atoms in total. The Bertz CT molecular complexity index is 809. The minimum Gasteiger partial charge on any atom is -0.496 e. The number of halogens is 2. The van der Waals surface area contributed by atoms with E-state index in [1.807, 2.05) is 18.2 Å². The third-order valence-electron chi connectivity index (χ3n) is 3.73. The molecule has 1 aliphatic heterocycles. The predicted molar refractivity (Wildman–Crippen MR) is 90.7 cm³/mol. The Hall–Kier alpha value is -3.16. The first kappa shape index (κ1) is 17.7. The number of carbonyl (C=O) groups is 1. The molecule has 0 bridgehead atoms. The van der Waals surface area contributed by atoms with Crippen molar-refractivity contribution in [3.63, 3.8) is 0 Å². The van der Waals surface area contributed by atoms with Crippen molar-refractivity contribution >= 4 is 17.3 Å². The molecule has 0 saturated heterocycles. The molecule has 3 rings (SSSR count). The molecule has 1 heterocycles. The quantitative estimate of drug-likeness (QED) is 0.855. The Labute approximate surface area is 148 Å². The molecule has 0 spiro atoms. The number of anilines is 1. The highest BCUT2D eigenvalue weighted by Crippen LogP contribution is 2.25. The van der Waals surface area contributed by atoms with Crippen LogP contribution in [0.5, 0.6) is 11.5 Å². The summed E-state index contributed by atoms with van der Waals surface area (Å²) >= 11 is 0. The minimum absolute atomic E-state index is 0.0110. The molecule has 1 atom stereocenters. The van der Waals surface area contributed by atoms with Crippen LogP contribution in [0, 0.1) is 0 Å². The summed E-state index contributed by atoms with van der Waals surface area (Å²) in [6.07, 6.45) is -0.495. The number of nitrogens with one attached hydrogen (secondary N) is 1. The molecule has 1 aliphatic rings. The molecule has 0 saturated carbocycles. The molecule has 0 aliphatic carbocycles. The number of para-hydroxylation sites is 1. The lowest BCUT2D eigenvalue weighted by atomic mass is 10.0. The van der Waals surface area contributed by atoms with Gasteiger partial charge < -0.3 is 19.6 Å². The van der Waals surface area contributed by atoms with Crippen LogP contribution in [0.15, 0.2) is 53.7 Å². The molecule has 26 heavy (non-hydrogen) atoms. The number of ether oxygens (including phenoxy) is 2. The number of alkyl halides is 2. The van der Waals surface area contributed by atoms with Crippen LogP contribution in [0.25, 0.3) is 0 Å². The van der Waals surface area contributed by atoms with Crippen molar-refractivity contribution in [1.82, 2.24) is 0 Å². The lowest BCUT2D eigenvalue weighted by molar-refractivity contribution is -0.125.